The molecule has 6 heteroatoms. The molecule has 1 unspecified atom stereocenters. The number of nitrogens with zero attached hydrogens (tertiary/aromatic N) is 2. The van der Waals surface area contributed by atoms with Crippen LogP contribution in [-0.4, -0.2) is 24.2 Å². The average molecular weight is 355 g/mol. The van der Waals surface area contributed by atoms with Gasteiger partial charge in [-0.25, -0.2) is 17.8 Å². The van der Waals surface area contributed by atoms with Gasteiger partial charge in [0.25, 0.3) is 0 Å². The van der Waals surface area contributed by atoms with E-state index in [0.717, 1.165) is 11.3 Å². The molecule has 3 rings (SSSR count). The van der Waals surface area contributed by atoms with Crippen molar-refractivity contribution in [1.29, 1.82) is 0 Å². The summed E-state index contributed by atoms with van der Waals surface area (Å²) < 4.78 is 30.1. The minimum atomic E-state index is -3.67. The number of hydrogen-bond donors (Lipinski definition) is 1. The second kappa shape index (κ2) is 7.21. The zero-order valence-corrected chi connectivity index (χ0v) is 15.1. The van der Waals surface area contributed by atoms with E-state index in [1.807, 2.05) is 74.5 Å². The van der Waals surface area contributed by atoms with Crippen LogP contribution in [0.3, 0.4) is 0 Å². The van der Waals surface area contributed by atoms with Crippen LogP contribution in [0.2, 0.25) is 0 Å². The Balaban J connectivity index is 2.14. The third-order valence-electron chi connectivity index (χ3n) is 4.01. The smallest absolute Gasteiger partial charge is 0.239 e. The Hall–Kier alpha value is -2.44. The lowest BCUT2D eigenvalue weighted by molar-refractivity contribution is 0.556. The van der Waals surface area contributed by atoms with E-state index < -0.39 is 10.0 Å². The molecular formula is C19H21N3O2S. The van der Waals surface area contributed by atoms with E-state index in [0.29, 0.717) is 12.1 Å². The molecule has 130 valence electrons. The van der Waals surface area contributed by atoms with Crippen molar-refractivity contribution in [3.05, 3.63) is 66.9 Å². The highest BCUT2D eigenvalue weighted by atomic mass is 32.2. The SMILES string of the molecule is CCC(C)NS(=O)(=O)c1cn(-c2ccccc2)nc1-c1ccccc1. The third kappa shape index (κ3) is 3.81. The Morgan fingerprint density at radius 2 is 1.64 bits per heavy atom. The van der Waals surface area contributed by atoms with E-state index in [1.54, 1.807) is 10.9 Å². The van der Waals surface area contributed by atoms with Gasteiger partial charge in [0.2, 0.25) is 10.0 Å². The number of hydrogen-bond acceptors (Lipinski definition) is 3. The maximum absolute atomic E-state index is 12.9. The van der Waals surface area contributed by atoms with Crippen molar-refractivity contribution in [3.8, 4) is 16.9 Å². The summed E-state index contributed by atoms with van der Waals surface area (Å²) >= 11 is 0. The molecule has 3 aromatic rings. The van der Waals surface area contributed by atoms with Crippen molar-refractivity contribution in [2.24, 2.45) is 0 Å². The van der Waals surface area contributed by atoms with Crippen LogP contribution in [0, 0.1) is 0 Å². The maximum Gasteiger partial charge on any atom is 0.244 e. The van der Waals surface area contributed by atoms with Crippen LogP contribution in [-0.2, 0) is 10.0 Å². The van der Waals surface area contributed by atoms with Crippen molar-refractivity contribution in [1.82, 2.24) is 14.5 Å². The highest BCUT2D eigenvalue weighted by Crippen LogP contribution is 2.27. The summed E-state index contributed by atoms with van der Waals surface area (Å²) in [6.07, 6.45) is 2.29. The maximum atomic E-state index is 12.9. The van der Waals surface area contributed by atoms with Crippen LogP contribution in [0.15, 0.2) is 71.8 Å². The Kier molecular flexibility index (Phi) is 5.01. The summed E-state index contributed by atoms with van der Waals surface area (Å²) in [5.41, 5.74) is 2.02. The van der Waals surface area contributed by atoms with Crippen LogP contribution in [0.1, 0.15) is 20.3 Å². The molecule has 0 aliphatic carbocycles. The summed E-state index contributed by atoms with van der Waals surface area (Å²) in [5.74, 6) is 0. The first-order valence-electron chi connectivity index (χ1n) is 8.24. The molecule has 0 bridgehead atoms. The van der Waals surface area contributed by atoms with Crippen LogP contribution >= 0.6 is 0 Å². The summed E-state index contributed by atoms with van der Waals surface area (Å²) in [4.78, 5) is 0.183. The fraction of sp³-hybridized carbons (Fsp3) is 0.211. The summed E-state index contributed by atoms with van der Waals surface area (Å²) in [7, 11) is -3.67. The predicted octanol–water partition coefficient (Wildman–Crippen LogP) is 3.62. The Bertz CT molecular complexity index is 935. The van der Waals surface area contributed by atoms with Crippen molar-refractivity contribution in [3.63, 3.8) is 0 Å². The zero-order chi connectivity index (χ0) is 17.9. The number of sulfonamides is 1. The van der Waals surface area contributed by atoms with Crippen LogP contribution < -0.4 is 4.72 Å². The van der Waals surface area contributed by atoms with Gasteiger partial charge in [0, 0.05) is 11.6 Å². The van der Waals surface area contributed by atoms with Crippen LogP contribution in [0.25, 0.3) is 16.9 Å². The lowest BCUT2D eigenvalue weighted by Crippen LogP contribution is -2.32. The molecule has 0 fully saturated rings. The van der Waals surface area contributed by atoms with Gasteiger partial charge >= 0.3 is 0 Å². The lowest BCUT2D eigenvalue weighted by Gasteiger charge is -2.11. The average Bonchev–Trinajstić information content (AvgIpc) is 3.09. The van der Waals surface area contributed by atoms with Gasteiger partial charge in [0.05, 0.1) is 11.9 Å². The molecule has 0 aliphatic rings. The predicted molar refractivity (Wildman–Crippen MR) is 99.1 cm³/mol. The number of para-hydroxylation sites is 1. The van der Waals surface area contributed by atoms with Crippen molar-refractivity contribution in [2.75, 3.05) is 0 Å². The monoisotopic (exact) mass is 355 g/mol. The molecule has 0 amide bonds. The molecule has 5 nitrogen and oxygen atoms in total. The van der Waals surface area contributed by atoms with E-state index in [4.69, 9.17) is 0 Å². The topological polar surface area (TPSA) is 64.0 Å². The van der Waals surface area contributed by atoms with E-state index >= 15 is 0 Å². The van der Waals surface area contributed by atoms with Crippen molar-refractivity contribution in [2.45, 2.75) is 31.2 Å². The Morgan fingerprint density at radius 3 is 2.24 bits per heavy atom. The molecule has 1 atom stereocenters. The molecule has 0 radical (unpaired) electrons. The lowest BCUT2D eigenvalue weighted by atomic mass is 10.2. The first kappa shape index (κ1) is 17.4. The molecule has 0 saturated heterocycles. The minimum Gasteiger partial charge on any atom is -0.239 e. The largest absolute Gasteiger partial charge is 0.244 e. The van der Waals surface area contributed by atoms with Crippen molar-refractivity contribution >= 4 is 10.0 Å². The van der Waals surface area contributed by atoms with Gasteiger partial charge in [0.15, 0.2) is 0 Å². The first-order chi connectivity index (χ1) is 12.0. The standard InChI is InChI=1S/C19H21N3O2S/c1-3-15(2)21-25(23,24)18-14-22(17-12-8-5-9-13-17)20-19(18)16-10-6-4-7-11-16/h4-15,21H,3H2,1-2H3. The fourth-order valence-corrected chi connectivity index (χ4v) is 3.95. The van der Waals surface area contributed by atoms with Gasteiger partial charge in [0.1, 0.15) is 10.6 Å². The van der Waals surface area contributed by atoms with Gasteiger partial charge < -0.3 is 0 Å². The van der Waals surface area contributed by atoms with E-state index in [1.165, 1.54) is 0 Å². The zero-order valence-electron chi connectivity index (χ0n) is 14.3. The molecule has 25 heavy (non-hydrogen) atoms. The first-order valence-corrected chi connectivity index (χ1v) is 9.72. The third-order valence-corrected chi connectivity index (χ3v) is 5.60. The Labute approximate surface area is 148 Å². The summed E-state index contributed by atoms with van der Waals surface area (Å²) in [6, 6.07) is 18.7. The number of aromatic nitrogens is 2. The fourth-order valence-electron chi connectivity index (χ4n) is 2.48. The minimum absolute atomic E-state index is 0.145. The van der Waals surface area contributed by atoms with E-state index in [2.05, 4.69) is 9.82 Å². The Morgan fingerprint density at radius 1 is 1.04 bits per heavy atom. The molecular weight excluding hydrogens is 334 g/mol. The van der Waals surface area contributed by atoms with Crippen molar-refractivity contribution < 1.29 is 8.42 Å². The van der Waals surface area contributed by atoms with Crippen LogP contribution in [0.5, 0.6) is 0 Å². The highest BCUT2D eigenvalue weighted by Gasteiger charge is 2.25. The van der Waals surface area contributed by atoms with Gasteiger partial charge in [-0.05, 0) is 25.5 Å². The molecule has 1 aromatic heterocycles. The molecule has 1 N–H and O–H groups in total. The molecule has 0 spiro atoms. The normalized spacial score (nSPS) is 12.9. The van der Waals surface area contributed by atoms with E-state index in [9.17, 15) is 8.42 Å². The van der Waals surface area contributed by atoms with Gasteiger partial charge in [-0.1, -0.05) is 55.5 Å². The summed E-state index contributed by atoms with van der Waals surface area (Å²) in [5, 5.41) is 4.55. The van der Waals surface area contributed by atoms with Gasteiger partial charge in [-0.2, -0.15) is 5.10 Å². The molecule has 2 aromatic carbocycles. The van der Waals surface area contributed by atoms with E-state index in [-0.39, 0.29) is 10.9 Å². The van der Waals surface area contributed by atoms with Gasteiger partial charge in [-0.15, -0.1) is 0 Å². The number of rotatable bonds is 6. The number of nitrogens with one attached hydrogen (secondary N) is 1. The van der Waals surface area contributed by atoms with Gasteiger partial charge in [-0.3, -0.25) is 0 Å². The van der Waals surface area contributed by atoms with Crippen LogP contribution in [0.4, 0.5) is 0 Å². The second-order valence-electron chi connectivity index (χ2n) is 5.92. The summed E-state index contributed by atoms with van der Waals surface area (Å²) in [6.45, 7) is 3.79. The quantitative estimate of drug-likeness (QED) is 0.734. The molecule has 0 saturated carbocycles. The molecule has 0 aliphatic heterocycles. The second-order valence-corrected chi connectivity index (χ2v) is 7.60. The molecule has 1 heterocycles. The number of benzene rings is 2. The highest BCUT2D eigenvalue weighted by molar-refractivity contribution is 7.89.